The maximum Gasteiger partial charge on any atom is 0.232 e. The minimum Gasteiger partial charge on any atom is -0.342 e. The number of rotatable bonds is 5. The lowest BCUT2D eigenvalue weighted by molar-refractivity contribution is -0.130. The van der Waals surface area contributed by atoms with Crippen molar-refractivity contribution >= 4 is 53.3 Å². The molecule has 0 spiro atoms. The number of nitrogens with zero attached hydrogens (tertiary/aromatic N) is 1. The van der Waals surface area contributed by atoms with Gasteiger partial charge in [-0.15, -0.1) is 24.2 Å². The molecule has 2 rings (SSSR count). The zero-order valence-electron chi connectivity index (χ0n) is 13.1. The van der Waals surface area contributed by atoms with Crippen LogP contribution < -0.4 is 5.73 Å². The Hall–Kier alpha value is -0.130. The summed E-state index contributed by atoms with van der Waals surface area (Å²) in [5.41, 5.74) is 6.98. The summed E-state index contributed by atoms with van der Waals surface area (Å²) < 4.78 is 0. The van der Waals surface area contributed by atoms with Crippen LogP contribution in [0.2, 0.25) is 10.0 Å². The maximum absolute atomic E-state index is 12.3. The molecule has 1 aromatic carbocycles. The van der Waals surface area contributed by atoms with Crippen molar-refractivity contribution in [1.29, 1.82) is 0 Å². The third kappa shape index (κ3) is 6.35. The van der Waals surface area contributed by atoms with Crippen molar-refractivity contribution in [2.24, 2.45) is 11.7 Å². The van der Waals surface area contributed by atoms with E-state index < -0.39 is 0 Å². The Labute approximate surface area is 158 Å². The number of hydrogen-bond acceptors (Lipinski definition) is 3. The number of nitrogens with two attached hydrogens (primary N) is 1. The zero-order valence-corrected chi connectivity index (χ0v) is 16.3. The van der Waals surface area contributed by atoms with E-state index in [1.165, 1.54) is 0 Å². The highest BCUT2D eigenvalue weighted by atomic mass is 35.5. The monoisotopic (exact) mass is 396 g/mol. The zero-order chi connectivity index (χ0) is 16.1. The van der Waals surface area contributed by atoms with Crippen LogP contribution in [0.3, 0.4) is 0 Å². The molecule has 7 heteroatoms. The van der Waals surface area contributed by atoms with E-state index >= 15 is 0 Å². The van der Waals surface area contributed by atoms with Gasteiger partial charge >= 0.3 is 0 Å². The lowest BCUT2D eigenvalue weighted by atomic mass is 9.92. The molecular formula is C16H23Cl3N2OS. The molecule has 0 saturated carbocycles. The number of amides is 1. The molecule has 1 amide bonds. The van der Waals surface area contributed by atoms with Crippen LogP contribution in [-0.4, -0.2) is 35.7 Å². The Balaban J connectivity index is 0.00000264. The van der Waals surface area contributed by atoms with Gasteiger partial charge in [0.25, 0.3) is 0 Å². The van der Waals surface area contributed by atoms with Crippen molar-refractivity contribution in [3.8, 4) is 0 Å². The van der Waals surface area contributed by atoms with Gasteiger partial charge in [0.15, 0.2) is 0 Å². The van der Waals surface area contributed by atoms with Crippen molar-refractivity contribution in [2.45, 2.75) is 31.6 Å². The van der Waals surface area contributed by atoms with E-state index in [1.54, 1.807) is 17.8 Å². The van der Waals surface area contributed by atoms with Gasteiger partial charge in [0.2, 0.25) is 5.91 Å². The molecule has 1 aliphatic heterocycles. The summed E-state index contributed by atoms with van der Waals surface area (Å²) in [6.45, 7) is 3.67. The van der Waals surface area contributed by atoms with Gasteiger partial charge in [0.1, 0.15) is 0 Å². The minimum absolute atomic E-state index is 0. The molecule has 130 valence electrons. The Morgan fingerprint density at radius 2 is 2.22 bits per heavy atom. The molecule has 0 bridgehead atoms. The van der Waals surface area contributed by atoms with Gasteiger partial charge in [-0.3, -0.25) is 4.79 Å². The summed E-state index contributed by atoms with van der Waals surface area (Å²) >= 11 is 13.6. The summed E-state index contributed by atoms with van der Waals surface area (Å²) in [4.78, 5) is 14.3. The highest BCUT2D eigenvalue weighted by Crippen LogP contribution is 2.25. The van der Waals surface area contributed by atoms with Crippen LogP contribution in [0.25, 0.3) is 0 Å². The second kappa shape index (κ2) is 10.00. The number of carbonyl (C=O) groups is 1. The Kier molecular flexibility index (Phi) is 9.09. The highest BCUT2D eigenvalue weighted by molar-refractivity contribution is 7.99. The van der Waals surface area contributed by atoms with E-state index in [1.807, 2.05) is 24.0 Å². The topological polar surface area (TPSA) is 46.3 Å². The van der Waals surface area contributed by atoms with Gasteiger partial charge in [0.05, 0.1) is 5.75 Å². The first-order chi connectivity index (χ1) is 10.5. The number of hydrogen-bond donors (Lipinski definition) is 1. The van der Waals surface area contributed by atoms with Crippen molar-refractivity contribution in [2.75, 3.05) is 18.8 Å². The minimum atomic E-state index is 0. The second-order valence-electron chi connectivity index (χ2n) is 5.83. The highest BCUT2D eigenvalue weighted by Gasteiger charge is 2.25. The quantitative estimate of drug-likeness (QED) is 0.808. The van der Waals surface area contributed by atoms with Crippen LogP contribution in [0.1, 0.15) is 25.3 Å². The first kappa shape index (κ1) is 20.9. The van der Waals surface area contributed by atoms with E-state index in [0.29, 0.717) is 27.5 Å². The van der Waals surface area contributed by atoms with Crippen LogP contribution in [0.15, 0.2) is 18.2 Å². The van der Waals surface area contributed by atoms with Crippen LogP contribution in [-0.2, 0) is 10.5 Å². The molecule has 2 unspecified atom stereocenters. The van der Waals surface area contributed by atoms with E-state index in [-0.39, 0.29) is 24.4 Å². The second-order valence-corrected chi connectivity index (χ2v) is 7.66. The maximum atomic E-state index is 12.3. The van der Waals surface area contributed by atoms with E-state index in [2.05, 4.69) is 0 Å². The summed E-state index contributed by atoms with van der Waals surface area (Å²) in [5.74, 6) is 1.81. The average molecular weight is 398 g/mol. The summed E-state index contributed by atoms with van der Waals surface area (Å²) in [6.07, 6.45) is 2.17. The Bertz CT molecular complexity index is 528. The largest absolute Gasteiger partial charge is 0.342 e. The lowest BCUT2D eigenvalue weighted by Gasteiger charge is -2.34. The number of halogens is 3. The van der Waals surface area contributed by atoms with E-state index in [4.69, 9.17) is 28.9 Å². The van der Waals surface area contributed by atoms with E-state index in [0.717, 1.165) is 31.5 Å². The first-order valence-corrected chi connectivity index (χ1v) is 9.43. The molecule has 1 heterocycles. The lowest BCUT2D eigenvalue weighted by Crippen LogP contribution is -2.45. The van der Waals surface area contributed by atoms with Crippen LogP contribution in [0.5, 0.6) is 0 Å². The van der Waals surface area contributed by atoms with Gasteiger partial charge in [-0.05, 0) is 43.4 Å². The van der Waals surface area contributed by atoms with Crippen molar-refractivity contribution in [3.05, 3.63) is 33.8 Å². The normalized spacial score (nSPS) is 19.1. The third-order valence-electron chi connectivity index (χ3n) is 4.05. The van der Waals surface area contributed by atoms with E-state index in [9.17, 15) is 4.79 Å². The Morgan fingerprint density at radius 1 is 1.48 bits per heavy atom. The number of piperidine rings is 1. The number of carbonyl (C=O) groups excluding carboxylic acids is 1. The molecule has 0 radical (unpaired) electrons. The predicted molar refractivity (Wildman–Crippen MR) is 103 cm³/mol. The van der Waals surface area contributed by atoms with Crippen LogP contribution in [0.4, 0.5) is 0 Å². The molecule has 23 heavy (non-hydrogen) atoms. The van der Waals surface area contributed by atoms with Crippen molar-refractivity contribution in [1.82, 2.24) is 4.90 Å². The molecule has 1 saturated heterocycles. The fraction of sp³-hybridized carbons (Fsp3) is 0.562. The summed E-state index contributed by atoms with van der Waals surface area (Å²) in [6, 6.07) is 5.62. The molecule has 1 aliphatic rings. The van der Waals surface area contributed by atoms with Crippen LogP contribution in [0, 0.1) is 5.92 Å². The smallest absolute Gasteiger partial charge is 0.232 e. The number of thioether (sulfide) groups is 1. The molecular weight excluding hydrogens is 375 g/mol. The predicted octanol–water partition coefficient (Wildman–Crippen LogP) is 4.23. The Morgan fingerprint density at radius 3 is 2.87 bits per heavy atom. The average Bonchev–Trinajstić information content (AvgIpc) is 2.49. The molecule has 3 nitrogen and oxygen atoms in total. The van der Waals surface area contributed by atoms with Gasteiger partial charge < -0.3 is 10.6 Å². The molecule has 1 aromatic rings. The first-order valence-electron chi connectivity index (χ1n) is 7.52. The van der Waals surface area contributed by atoms with Crippen molar-refractivity contribution in [3.63, 3.8) is 0 Å². The number of likely N-dealkylation sites (tertiary alicyclic amines) is 1. The van der Waals surface area contributed by atoms with Crippen molar-refractivity contribution < 1.29 is 4.79 Å². The molecule has 0 aliphatic carbocycles. The van der Waals surface area contributed by atoms with Gasteiger partial charge in [-0.1, -0.05) is 29.3 Å². The standard InChI is InChI=1S/C16H22Cl2N2OS.ClH/c1-11(19)12-3-2-6-20(8-12)16(21)10-22-9-13-4-5-14(17)7-15(13)18;/h4-5,7,11-12H,2-3,6,8-10,19H2,1H3;1H. The van der Waals surface area contributed by atoms with Gasteiger partial charge in [0, 0.05) is 34.9 Å². The summed E-state index contributed by atoms with van der Waals surface area (Å²) in [5, 5.41) is 1.28. The molecule has 2 N–H and O–H groups in total. The number of benzene rings is 1. The SMILES string of the molecule is CC(N)C1CCCN(C(=O)CSCc2ccc(Cl)cc2Cl)C1.Cl. The van der Waals surface area contributed by atoms with Gasteiger partial charge in [-0.25, -0.2) is 0 Å². The fourth-order valence-corrected chi connectivity index (χ4v) is 4.13. The third-order valence-corrected chi connectivity index (χ3v) is 5.61. The summed E-state index contributed by atoms with van der Waals surface area (Å²) in [7, 11) is 0. The molecule has 2 atom stereocenters. The fourth-order valence-electron chi connectivity index (χ4n) is 2.64. The molecule has 0 aromatic heterocycles. The molecule has 1 fully saturated rings. The van der Waals surface area contributed by atoms with Crippen LogP contribution >= 0.6 is 47.4 Å². The van der Waals surface area contributed by atoms with Gasteiger partial charge in [-0.2, -0.15) is 0 Å².